The van der Waals surface area contributed by atoms with Crippen molar-refractivity contribution >= 4 is 23.7 Å². The molecule has 0 bridgehead atoms. The monoisotopic (exact) mass is 410 g/mol. The number of primary amides is 1. The van der Waals surface area contributed by atoms with Gasteiger partial charge in [-0.1, -0.05) is 12.1 Å². The van der Waals surface area contributed by atoms with Gasteiger partial charge in [-0.3, -0.25) is 9.88 Å². The number of aromatic nitrogens is 1. The number of ether oxygens (including phenoxy) is 1. The second kappa shape index (κ2) is 8.81. The number of nitrogens with zero attached hydrogens (tertiary/aromatic N) is 4. The highest BCUT2D eigenvalue weighted by atomic mass is 16.6. The third-order valence-corrected chi connectivity index (χ3v) is 4.92. The SMILES string of the molecule is CCN(C(=O)N(C)CCc1ccccn1)C1OC(=O)c2c(C)[c]ccc2N1C(N)=O. The number of anilines is 1. The molecular formula is C21H24N5O4. The molecule has 0 saturated carbocycles. The zero-order chi connectivity index (χ0) is 21.8. The van der Waals surface area contributed by atoms with Crippen molar-refractivity contribution in [2.75, 3.05) is 25.0 Å². The number of benzene rings is 1. The summed E-state index contributed by atoms with van der Waals surface area (Å²) in [7, 11) is 1.64. The maximum atomic E-state index is 13.1. The third kappa shape index (κ3) is 4.05. The van der Waals surface area contributed by atoms with Crippen LogP contribution in [0.15, 0.2) is 36.5 Å². The largest absolute Gasteiger partial charge is 0.418 e. The summed E-state index contributed by atoms with van der Waals surface area (Å²) in [5.74, 6) is -0.635. The van der Waals surface area contributed by atoms with Crippen LogP contribution in [0.1, 0.15) is 28.5 Å². The lowest BCUT2D eigenvalue weighted by Gasteiger charge is -2.41. The van der Waals surface area contributed by atoms with Crippen LogP contribution >= 0.6 is 0 Å². The van der Waals surface area contributed by atoms with E-state index >= 15 is 0 Å². The highest BCUT2D eigenvalue weighted by molar-refractivity contribution is 6.05. The molecule has 1 aliphatic rings. The fourth-order valence-electron chi connectivity index (χ4n) is 3.34. The van der Waals surface area contributed by atoms with E-state index in [2.05, 4.69) is 11.1 Å². The van der Waals surface area contributed by atoms with Crippen LogP contribution < -0.4 is 10.6 Å². The van der Waals surface area contributed by atoms with Gasteiger partial charge in [-0.15, -0.1) is 0 Å². The fraction of sp³-hybridized carbons (Fsp3) is 0.333. The van der Waals surface area contributed by atoms with Gasteiger partial charge in [0.25, 0.3) is 6.35 Å². The van der Waals surface area contributed by atoms with Crippen LogP contribution in [0.2, 0.25) is 0 Å². The van der Waals surface area contributed by atoms with Gasteiger partial charge < -0.3 is 15.4 Å². The van der Waals surface area contributed by atoms with Crippen LogP contribution in [0, 0.1) is 13.0 Å². The van der Waals surface area contributed by atoms with E-state index in [9.17, 15) is 14.4 Å². The standard InChI is InChI=1S/C21H24N5O4/c1-4-25(20(29)24(3)13-11-15-9-5-6-12-23-15)21-26(19(22)28)16-10-7-8-14(2)17(16)18(27)30-21/h5-7,9-10,12,21H,4,11,13H2,1-3H3,(H2,22,28). The molecule has 1 aromatic heterocycles. The number of carbonyl (C=O) groups excluding carboxylic acids is 3. The number of likely N-dealkylation sites (N-methyl/N-ethyl adjacent to an activating group) is 1. The number of esters is 1. The summed E-state index contributed by atoms with van der Waals surface area (Å²) in [5, 5.41) is 0. The van der Waals surface area contributed by atoms with Crippen LogP contribution in [0.25, 0.3) is 0 Å². The number of carbonyl (C=O) groups is 3. The number of aryl methyl sites for hydroxylation is 1. The fourth-order valence-corrected chi connectivity index (χ4v) is 3.34. The quantitative estimate of drug-likeness (QED) is 0.760. The molecule has 0 aliphatic carbocycles. The lowest BCUT2D eigenvalue weighted by molar-refractivity contribution is -0.0206. The Hall–Kier alpha value is -3.62. The molecule has 1 atom stereocenters. The van der Waals surface area contributed by atoms with Gasteiger partial charge in [0, 0.05) is 38.4 Å². The average Bonchev–Trinajstić information content (AvgIpc) is 2.72. The van der Waals surface area contributed by atoms with E-state index < -0.39 is 24.4 Å². The molecule has 9 heteroatoms. The normalized spacial score (nSPS) is 15.2. The van der Waals surface area contributed by atoms with Crippen molar-refractivity contribution in [3.05, 3.63) is 59.4 Å². The van der Waals surface area contributed by atoms with Gasteiger partial charge in [0.1, 0.15) is 0 Å². The summed E-state index contributed by atoms with van der Waals surface area (Å²) in [4.78, 5) is 46.1. The molecule has 157 valence electrons. The number of pyridine rings is 1. The van der Waals surface area contributed by atoms with Gasteiger partial charge in [0.05, 0.1) is 11.3 Å². The number of nitrogens with two attached hydrogens (primary N) is 1. The molecule has 0 spiro atoms. The number of urea groups is 2. The van der Waals surface area contributed by atoms with Crippen LogP contribution in [0.3, 0.4) is 0 Å². The lowest BCUT2D eigenvalue weighted by atomic mass is 10.0. The average molecular weight is 410 g/mol. The van der Waals surface area contributed by atoms with Crippen molar-refractivity contribution in [3.8, 4) is 0 Å². The van der Waals surface area contributed by atoms with Gasteiger partial charge in [-0.25, -0.2) is 19.3 Å². The minimum Gasteiger partial charge on any atom is -0.418 e. The Labute approximate surface area is 175 Å². The van der Waals surface area contributed by atoms with Crippen molar-refractivity contribution in [1.82, 2.24) is 14.8 Å². The summed E-state index contributed by atoms with van der Waals surface area (Å²) in [5.41, 5.74) is 7.48. The maximum absolute atomic E-state index is 13.1. The van der Waals surface area contributed by atoms with E-state index in [1.165, 1.54) is 9.80 Å². The molecule has 1 radical (unpaired) electrons. The topological polar surface area (TPSA) is 109 Å². The van der Waals surface area contributed by atoms with Crippen LogP contribution in [0.4, 0.5) is 15.3 Å². The van der Waals surface area contributed by atoms with Crippen molar-refractivity contribution in [3.63, 3.8) is 0 Å². The number of cyclic esters (lactones) is 1. The Morgan fingerprint density at radius 3 is 2.73 bits per heavy atom. The number of fused-ring (bicyclic) bond motifs is 1. The van der Waals surface area contributed by atoms with E-state index in [-0.39, 0.29) is 12.1 Å². The van der Waals surface area contributed by atoms with E-state index in [0.717, 1.165) is 10.6 Å². The first-order valence-corrected chi connectivity index (χ1v) is 9.57. The van der Waals surface area contributed by atoms with Gasteiger partial charge >= 0.3 is 18.0 Å². The summed E-state index contributed by atoms with van der Waals surface area (Å²) in [6, 6.07) is 10.4. The zero-order valence-electron chi connectivity index (χ0n) is 17.2. The van der Waals surface area contributed by atoms with Crippen molar-refractivity contribution in [2.45, 2.75) is 26.6 Å². The molecule has 1 unspecified atom stereocenters. The number of amides is 4. The molecule has 0 saturated heterocycles. The Balaban J connectivity index is 1.84. The van der Waals surface area contributed by atoms with Crippen LogP contribution in [-0.4, -0.2) is 59.3 Å². The van der Waals surface area contributed by atoms with E-state index in [1.54, 1.807) is 39.2 Å². The lowest BCUT2D eigenvalue weighted by Crippen LogP contribution is -2.61. The van der Waals surface area contributed by atoms with Crippen molar-refractivity contribution in [1.29, 1.82) is 0 Å². The highest BCUT2D eigenvalue weighted by Crippen LogP contribution is 2.32. The summed E-state index contributed by atoms with van der Waals surface area (Å²) >= 11 is 0. The molecule has 3 rings (SSSR count). The Kier molecular flexibility index (Phi) is 6.20. The first kappa shape index (κ1) is 21.1. The zero-order valence-corrected chi connectivity index (χ0v) is 17.2. The molecule has 0 fully saturated rings. The second-order valence-electron chi connectivity index (χ2n) is 6.86. The Morgan fingerprint density at radius 2 is 2.10 bits per heavy atom. The number of hydrogen-bond acceptors (Lipinski definition) is 5. The number of rotatable bonds is 5. The van der Waals surface area contributed by atoms with E-state index in [4.69, 9.17) is 10.5 Å². The summed E-state index contributed by atoms with van der Waals surface area (Å²) < 4.78 is 5.49. The molecule has 9 nitrogen and oxygen atoms in total. The van der Waals surface area contributed by atoms with E-state index in [1.807, 2.05) is 18.2 Å². The maximum Gasteiger partial charge on any atom is 0.343 e. The molecule has 1 aromatic carbocycles. The minimum absolute atomic E-state index is 0.196. The number of hydrogen-bond donors (Lipinski definition) is 1. The highest BCUT2D eigenvalue weighted by Gasteiger charge is 2.42. The molecule has 2 heterocycles. The van der Waals surface area contributed by atoms with Crippen LogP contribution in [-0.2, 0) is 11.2 Å². The molecule has 30 heavy (non-hydrogen) atoms. The van der Waals surface area contributed by atoms with Gasteiger partial charge in [0.15, 0.2) is 0 Å². The molecule has 1 aliphatic heterocycles. The van der Waals surface area contributed by atoms with Crippen molar-refractivity contribution in [2.24, 2.45) is 5.73 Å². The predicted octanol–water partition coefficient (Wildman–Crippen LogP) is 2.15. The molecular weight excluding hydrogens is 386 g/mol. The van der Waals surface area contributed by atoms with Crippen molar-refractivity contribution < 1.29 is 19.1 Å². The second-order valence-corrected chi connectivity index (χ2v) is 6.86. The first-order chi connectivity index (χ1) is 14.3. The smallest absolute Gasteiger partial charge is 0.343 e. The summed E-state index contributed by atoms with van der Waals surface area (Å²) in [6.45, 7) is 4.01. The molecule has 4 amide bonds. The minimum atomic E-state index is -1.28. The Morgan fingerprint density at radius 1 is 1.33 bits per heavy atom. The first-order valence-electron chi connectivity index (χ1n) is 9.57. The van der Waals surface area contributed by atoms with Gasteiger partial charge in [-0.05, 0) is 43.7 Å². The van der Waals surface area contributed by atoms with Crippen LogP contribution in [0.5, 0.6) is 0 Å². The Bertz CT molecular complexity index is 950. The van der Waals surface area contributed by atoms with E-state index in [0.29, 0.717) is 24.2 Å². The van der Waals surface area contributed by atoms with Gasteiger partial charge in [-0.2, -0.15) is 0 Å². The van der Waals surface area contributed by atoms with Gasteiger partial charge in [0.2, 0.25) is 0 Å². The predicted molar refractivity (Wildman–Crippen MR) is 110 cm³/mol. The molecule has 2 N–H and O–H groups in total. The summed E-state index contributed by atoms with van der Waals surface area (Å²) in [6.07, 6.45) is 0.972. The molecule has 2 aromatic rings. The third-order valence-electron chi connectivity index (χ3n) is 4.92.